The monoisotopic (exact) mass is 398 g/mol. The number of hydrogen-bond donors (Lipinski definition) is 0. The van der Waals surface area contributed by atoms with Crippen molar-refractivity contribution < 1.29 is 9.15 Å². The van der Waals surface area contributed by atoms with Crippen molar-refractivity contribution in [3.05, 3.63) is 120 Å². The van der Waals surface area contributed by atoms with E-state index in [9.17, 15) is 0 Å². The summed E-state index contributed by atoms with van der Waals surface area (Å²) in [6, 6.07) is 32.8. The van der Waals surface area contributed by atoms with E-state index in [1.807, 2.05) is 48.5 Å². The van der Waals surface area contributed by atoms with Gasteiger partial charge in [-0.3, -0.25) is 0 Å². The van der Waals surface area contributed by atoms with Gasteiger partial charge in [-0.2, -0.15) is 0 Å². The summed E-state index contributed by atoms with van der Waals surface area (Å²) < 4.78 is 11.9. The summed E-state index contributed by atoms with van der Waals surface area (Å²) in [5.74, 6) is 1.66. The third kappa shape index (κ3) is 5.01. The Hall–Kier alpha value is -3.17. The third-order valence-electron chi connectivity index (χ3n) is 4.50. The van der Waals surface area contributed by atoms with Crippen LogP contribution in [-0.2, 0) is 0 Å². The van der Waals surface area contributed by atoms with Crippen LogP contribution in [0, 0.1) is 6.92 Å². The van der Waals surface area contributed by atoms with Crippen LogP contribution in [0.2, 0.25) is 0 Å². The fourth-order valence-electron chi connectivity index (χ4n) is 2.98. The van der Waals surface area contributed by atoms with E-state index in [1.54, 1.807) is 18.0 Å². The summed E-state index contributed by atoms with van der Waals surface area (Å²) in [6.07, 6.45) is 1.71. The second-order valence-electron chi connectivity index (χ2n) is 6.67. The molecule has 0 aliphatic carbocycles. The highest BCUT2D eigenvalue weighted by atomic mass is 32.2. The van der Waals surface area contributed by atoms with Gasteiger partial charge in [0.25, 0.3) is 0 Å². The molecule has 0 aliphatic rings. The Kier molecular flexibility index (Phi) is 6.18. The number of benzene rings is 3. The van der Waals surface area contributed by atoms with Crippen LogP contribution < -0.4 is 4.74 Å². The van der Waals surface area contributed by atoms with Gasteiger partial charge in [-0.25, -0.2) is 0 Å². The van der Waals surface area contributed by atoms with Gasteiger partial charge >= 0.3 is 0 Å². The zero-order valence-corrected chi connectivity index (χ0v) is 17.1. The first-order valence-electron chi connectivity index (χ1n) is 9.54. The van der Waals surface area contributed by atoms with E-state index >= 15 is 0 Å². The Morgan fingerprint density at radius 2 is 1.48 bits per heavy atom. The number of furan rings is 1. The molecule has 1 aromatic heterocycles. The van der Waals surface area contributed by atoms with Crippen molar-refractivity contribution in [2.75, 3.05) is 6.61 Å². The lowest BCUT2D eigenvalue weighted by molar-refractivity contribution is 0.366. The fraction of sp³-hybridized carbons (Fsp3) is 0.0769. The highest BCUT2D eigenvalue weighted by Crippen LogP contribution is 2.40. The van der Waals surface area contributed by atoms with Gasteiger partial charge in [0, 0.05) is 15.4 Å². The Morgan fingerprint density at radius 1 is 0.793 bits per heavy atom. The lowest BCUT2D eigenvalue weighted by atomic mass is 10.1. The molecule has 1 heterocycles. The third-order valence-corrected chi connectivity index (χ3v) is 5.69. The SMILES string of the molecule is Cc1ccc(S/C(=C(/COc2ccccc2)c2ccco2)c2ccccc2)cc1. The first-order valence-corrected chi connectivity index (χ1v) is 10.4. The maximum absolute atomic E-state index is 6.12. The molecule has 0 saturated carbocycles. The molecule has 4 rings (SSSR count). The quantitative estimate of drug-likeness (QED) is 0.304. The van der Waals surface area contributed by atoms with Crippen LogP contribution in [0.25, 0.3) is 10.5 Å². The van der Waals surface area contributed by atoms with Gasteiger partial charge < -0.3 is 9.15 Å². The van der Waals surface area contributed by atoms with Crippen molar-refractivity contribution in [2.45, 2.75) is 11.8 Å². The highest BCUT2D eigenvalue weighted by molar-refractivity contribution is 8.08. The number of rotatable bonds is 7. The summed E-state index contributed by atoms with van der Waals surface area (Å²) in [4.78, 5) is 2.30. The summed E-state index contributed by atoms with van der Waals surface area (Å²) in [5, 5.41) is 0. The standard InChI is InChI=1S/C26H22O2S/c1-20-14-16-23(17-15-20)29-26(21-9-4-2-5-10-21)24(25-13-8-18-27-25)19-28-22-11-6-3-7-12-22/h2-18H,19H2,1H3/b26-24-. The fourth-order valence-corrected chi connectivity index (χ4v) is 4.02. The minimum absolute atomic E-state index is 0.417. The minimum atomic E-state index is 0.417. The Bertz CT molecular complexity index is 1050. The topological polar surface area (TPSA) is 22.4 Å². The molecule has 0 atom stereocenters. The van der Waals surface area contributed by atoms with Crippen LogP contribution in [-0.4, -0.2) is 6.61 Å². The molecule has 0 fully saturated rings. The molecule has 0 aliphatic heterocycles. The highest BCUT2D eigenvalue weighted by Gasteiger charge is 2.16. The Labute approximate surface area is 175 Å². The number of aryl methyl sites for hydroxylation is 1. The van der Waals surface area contributed by atoms with E-state index in [4.69, 9.17) is 9.15 Å². The average molecular weight is 399 g/mol. The lowest BCUT2D eigenvalue weighted by Crippen LogP contribution is -2.02. The second-order valence-corrected chi connectivity index (χ2v) is 7.75. The molecule has 0 spiro atoms. The van der Waals surface area contributed by atoms with Crippen LogP contribution >= 0.6 is 11.8 Å². The summed E-state index contributed by atoms with van der Waals surface area (Å²) in [6.45, 7) is 2.52. The van der Waals surface area contributed by atoms with Gasteiger partial charge in [0.1, 0.15) is 18.1 Å². The normalized spacial score (nSPS) is 11.8. The molecule has 144 valence electrons. The maximum Gasteiger partial charge on any atom is 0.134 e. The Morgan fingerprint density at radius 3 is 2.14 bits per heavy atom. The molecule has 0 unspecified atom stereocenters. The van der Waals surface area contributed by atoms with Crippen molar-refractivity contribution in [2.24, 2.45) is 0 Å². The van der Waals surface area contributed by atoms with Gasteiger partial charge in [-0.1, -0.05) is 78.0 Å². The van der Waals surface area contributed by atoms with Gasteiger partial charge in [0.15, 0.2) is 0 Å². The summed E-state index contributed by atoms with van der Waals surface area (Å²) in [7, 11) is 0. The van der Waals surface area contributed by atoms with E-state index in [-0.39, 0.29) is 0 Å². The van der Waals surface area contributed by atoms with E-state index in [2.05, 4.69) is 55.5 Å². The average Bonchev–Trinajstić information content (AvgIpc) is 3.30. The number of para-hydroxylation sites is 1. The number of ether oxygens (including phenoxy) is 1. The van der Waals surface area contributed by atoms with Crippen molar-refractivity contribution in [3.63, 3.8) is 0 Å². The van der Waals surface area contributed by atoms with E-state index in [0.717, 1.165) is 27.6 Å². The first-order chi connectivity index (χ1) is 14.3. The molecular weight excluding hydrogens is 376 g/mol. The van der Waals surface area contributed by atoms with E-state index in [0.29, 0.717) is 6.61 Å². The summed E-state index contributed by atoms with van der Waals surface area (Å²) >= 11 is 1.73. The van der Waals surface area contributed by atoms with Crippen LogP contribution in [0.5, 0.6) is 5.75 Å². The van der Waals surface area contributed by atoms with E-state index in [1.165, 1.54) is 10.5 Å². The van der Waals surface area contributed by atoms with Crippen molar-refractivity contribution >= 4 is 22.2 Å². The van der Waals surface area contributed by atoms with Gasteiger partial charge in [-0.15, -0.1) is 0 Å². The van der Waals surface area contributed by atoms with Gasteiger partial charge in [0.2, 0.25) is 0 Å². The first kappa shape index (κ1) is 19.2. The zero-order valence-electron chi connectivity index (χ0n) is 16.2. The number of thioether (sulfide) groups is 1. The maximum atomic E-state index is 6.12. The molecule has 0 amide bonds. The van der Waals surface area contributed by atoms with Gasteiger partial charge in [0.05, 0.1) is 6.26 Å². The lowest BCUT2D eigenvalue weighted by Gasteiger charge is -2.15. The Balaban J connectivity index is 1.77. The van der Waals surface area contributed by atoms with Crippen LogP contribution in [0.4, 0.5) is 0 Å². The largest absolute Gasteiger partial charge is 0.489 e. The van der Waals surface area contributed by atoms with Crippen molar-refractivity contribution in [3.8, 4) is 5.75 Å². The molecule has 3 heteroatoms. The molecule has 0 radical (unpaired) electrons. The van der Waals surface area contributed by atoms with E-state index < -0.39 is 0 Å². The van der Waals surface area contributed by atoms with Crippen molar-refractivity contribution in [1.29, 1.82) is 0 Å². The number of hydrogen-bond acceptors (Lipinski definition) is 3. The van der Waals surface area contributed by atoms with Gasteiger partial charge in [-0.05, 0) is 48.9 Å². The summed E-state index contributed by atoms with van der Waals surface area (Å²) in [5.41, 5.74) is 3.41. The molecule has 4 aromatic rings. The second kappa shape index (κ2) is 9.35. The van der Waals surface area contributed by atoms with Crippen LogP contribution in [0.3, 0.4) is 0 Å². The van der Waals surface area contributed by atoms with Crippen molar-refractivity contribution in [1.82, 2.24) is 0 Å². The van der Waals surface area contributed by atoms with Crippen LogP contribution in [0.1, 0.15) is 16.9 Å². The molecule has 29 heavy (non-hydrogen) atoms. The van der Waals surface area contributed by atoms with Crippen LogP contribution in [0.15, 0.2) is 113 Å². The molecule has 3 aromatic carbocycles. The molecule has 0 N–H and O–H groups in total. The molecule has 2 nitrogen and oxygen atoms in total. The molecular formula is C26H22O2S. The minimum Gasteiger partial charge on any atom is -0.489 e. The molecule has 0 saturated heterocycles. The predicted molar refractivity (Wildman–Crippen MR) is 121 cm³/mol. The molecule has 0 bridgehead atoms. The zero-order chi connectivity index (χ0) is 19.9. The smallest absolute Gasteiger partial charge is 0.134 e. The predicted octanol–water partition coefficient (Wildman–Crippen LogP) is 7.33.